The van der Waals surface area contributed by atoms with E-state index in [0.717, 1.165) is 23.7 Å². The van der Waals surface area contributed by atoms with Crippen LogP contribution in [0.2, 0.25) is 0 Å². The zero-order chi connectivity index (χ0) is 30.0. The highest BCUT2D eigenvalue weighted by atomic mass is 14.3. The Kier molecular flexibility index (Phi) is 14.0. The first kappa shape index (κ1) is 34.1. The van der Waals surface area contributed by atoms with Gasteiger partial charge in [0.1, 0.15) is 0 Å². The van der Waals surface area contributed by atoms with E-state index in [4.69, 9.17) is 0 Å². The molecule has 0 atom stereocenters. The van der Waals surface area contributed by atoms with E-state index in [1.54, 1.807) is 0 Å². The van der Waals surface area contributed by atoms with Crippen molar-refractivity contribution in [2.45, 2.75) is 132 Å². The number of hydrogen-bond acceptors (Lipinski definition) is 0. The zero-order valence-electron chi connectivity index (χ0n) is 28.2. The highest BCUT2D eigenvalue weighted by Gasteiger charge is 2.24. The minimum Gasteiger partial charge on any atom is -0.0625 e. The minimum atomic E-state index is 0.606. The van der Waals surface area contributed by atoms with Crippen molar-refractivity contribution in [3.8, 4) is 0 Å². The molecule has 0 bridgehead atoms. The lowest BCUT2D eigenvalue weighted by atomic mass is 9.73. The molecule has 3 aromatic carbocycles. The minimum absolute atomic E-state index is 0.606. The molecular formula is C40H62. The van der Waals surface area contributed by atoms with Gasteiger partial charge in [0.2, 0.25) is 0 Å². The van der Waals surface area contributed by atoms with Crippen molar-refractivity contribution < 1.29 is 0 Å². The Labute approximate surface area is 249 Å². The molecule has 1 saturated carbocycles. The normalized spacial score (nSPS) is 17.4. The maximum atomic E-state index is 2.38. The lowest BCUT2D eigenvalue weighted by molar-refractivity contribution is 0.189. The predicted octanol–water partition coefficient (Wildman–Crippen LogP) is 13.1. The topological polar surface area (TPSA) is 0 Å². The van der Waals surface area contributed by atoms with Gasteiger partial charge in [0.15, 0.2) is 0 Å². The second-order valence-electron chi connectivity index (χ2n) is 14.3. The number of benzene rings is 3. The summed E-state index contributed by atoms with van der Waals surface area (Å²) in [5.74, 6) is 6.39. The van der Waals surface area contributed by atoms with Gasteiger partial charge in [-0.15, -0.1) is 0 Å². The van der Waals surface area contributed by atoms with Crippen LogP contribution in [0, 0.1) is 23.7 Å². The van der Waals surface area contributed by atoms with Gasteiger partial charge < -0.3 is 0 Å². The molecule has 3 aromatic rings. The first-order chi connectivity index (χ1) is 18.8. The molecule has 0 heterocycles. The summed E-state index contributed by atoms with van der Waals surface area (Å²) in [5.41, 5.74) is 5.70. The van der Waals surface area contributed by atoms with Gasteiger partial charge >= 0.3 is 0 Å². The Bertz CT molecular complexity index is 1010. The van der Waals surface area contributed by atoms with Crippen LogP contribution in [0.5, 0.6) is 0 Å². The molecule has 0 aromatic heterocycles. The van der Waals surface area contributed by atoms with Crippen LogP contribution in [0.3, 0.4) is 0 Å². The van der Waals surface area contributed by atoms with Gasteiger partial charge in [-0.2, -0.15) is 0 Å². The Morgan fingerprint density at radius 1 is 0.375 bits per heavy atom. The maximum Gasteiger partial charge on any atom is -0.0181 e. The summed E-state index contributed by atoms with van der Waals surface area (Å²) in [7, 11) is 0. The van der Waals surface area contributed by atoms with E-state index < -0.39 is 0 Å². The van der Waals surface area contributed by atoms with Gasteiger partial charge in [0, 0.05) is 0 Å². The first-order valence-electron chi connectivity index (χ1n) is 16.4. The van der Waals surface area contributed by atoms with Crippen LogP contribution in [0.15, 0.2) is 60.7 Å². The van der Waals surface area contributed by atoms with Crippen molar-refractivity contribution in [3.63, 3.8) is 0 Å². The zero-order valence-corrected chi connectivity index (χ0v) is 28.2. The molecule has 0 unspecified atom stereocenters. The molecule has 1 aliphatic rings. The standard InChI is InChI=1S/C16H20.C12H24.C12H18/c1-11(2)13-5-7-16-10-14(12(3)4)6-8-15(16)9-13;2*1-9(2)11-5-7-12(8-6-11)10(3)4/h5-12H,1-4H3;9-12H,5-8H2,1-4H3;5-10H,1-4H3. The highest BCUT2D eigenvalue weighted by Crippen LogP contribution is 2.36. The van der Waals surface area contributed by atoms with Crippen LogP contribution in [0.25, 0.3) is 10.8 Å². The summed E-state index contributed by atoms with van der Waals surface area (Å²) in [6.07, 6.45) is 5.95. The largest absolute Gasteiger partial charge is 0.0625 e. The van der Waals surface area contributed by atoms with Crippen LogP contribution < -0.4 is 0 Å². The summed E-state index contributed by atoms with van der Waals surface area (Å²) in [4.78, 5) is 0. The van der Waals surface area contributed by atoms with Crippen LogP contribution in [0.4, 0.5) is 0 Å². The van der Waals surface area contributed by atoms with E-state index in [2.05, 4.69) is 144 Å². The van der Waals surface area contributed by atoms with Crippen molar-refractivity contribution in [1.29, 1.82) is 0 Å². The van der Waals surface area contributed by atoms with Crippen molar-refractivity contribution >= 4 is 10.8 Å². The van der Waals surface area contributed by atoms with Crippen molar-refractivity contribution in [2.75, 3.05) is 0 Å². The summed E-state index contributed by atoms with van der Waals surface area (Å²) in [6, 6.07) is 22.6. The fraction of sp³-hybridized carbons (Fsp3) is 0.600. The monoisotopic (exact) mass is 542 g/mol. The fourth-order valence-corrected chi connectivity index (χ4v) is 5.75. The summed E-state index contributed by atoms with van der Waals surface area (Å²) in [5, 5.41) is 2.71. The molecule has 0 amide bonds. The third kappa shape index (κ3) is 10.7. The molecular weight excluding hydrogens is 480 g/mol. The maximum absolute atomic E-state index is 2.38. The smallest absolute Gasteiger partial charge is 0.0181 e. The Morgan fingerprint density at radius 3 is 0.850 bits per heavy atom. The lowest BCUT2D eigenvalue weighted by Crippen LogP contribution is -2.21. The van der Waals surface area contributed by atoms with Gasteiger partial charge in [-0.05, 0) is 106 Å². The van der Waals surface area contributed by atoms with Crippen molar-refractivity contribution in [1.82, 2.24) is 0 Å². The quantitative estimate of drug-likeness (QED) is 0.290. The number of rotatable bonds is 6. The van der Waals surface area contributed by atoms with E-state index in [0.29, 0.717) is 23.7 Å². The van der Waals surface area contributed by atoms with Crippen LogP contribution in [0.1, 0.15) is 155 Å². The van der Waals surface area contributed by atoms with Crippen molar-refractivity contribution in [2.24, 2.45) is 23.7 Å². The Balaban J connectivity index is 0.000000214. The summed E-state index contributed by atoms with van der Waals surface area (Å²) in [6.45, 7) is 27.4. The van der Waals surface area contributed by atoms with E-state index >= 15 is 0 Å². The van der Waals surface area contributed by atoms with Crippen LogP contribution in [-0.4, -0.2) is 0 Å². The number of hydrogen-bond donors (Lipinski definition) is 0. The molecule has 0 nitrogen and oxygen atoms in total. The molecule has 222 valence electrons. The Hall–Kier alpha value is -2.08. The van der Waals surface area contributed by atoms with E-state index in [-0.39, 0.29) is 0 Å². The van der Waals surface area contributed by atoms with Gasteiger partial charge in [-0.25, -0.2) is 0 Å². The van der Waals surface area contributed by atoms with E-state index in [1.807, 2.05) is 0 Å². The third-order valence-electron chi connectivity index (χ3n) is 9.19. The summed E-state index contributed by atoms with van der Waals surface area (Å²) < 4.78 is 0. The molecule has 0 radical (unpaired) electrons. The number of fused-ring (bicyclic) bond motifs is 1. The molecule has 0 heteroatoms. The molecule has 4 rings (SSSR count). The molecule has 0 aliphatic heterocycles. The van der Waals surface area contributed by atoms with Crippen LogP contribution in [-0.2, 0) is 0 Å². The van der Waals surface area contributed by atoms with Crippen LogP contribution >= 0.6 is 0 Å². The fourth-order valence-electron chi connectivity index (χ4n) is 5.75. The van der Waals surface area contributed by atoms with E-state index in [9.17, 15) is 0 Å². The van der Waals surface area contributed by atoms with Gasteiger partial charge in [-0.1, -0.05) is 144 Å². The molecule has 0 N–H and O–H groups in total. The Morgan fingerprint density at radius 2 is 0.625 bits per heavy atom. The van der Waals surface area contributed by atoms with E-state index in [1.165, 1.54) is 58.7 Å². The molecule has 0 saturated heterocycles. The summed E-state index contributed by atoms with van der Waals surface area (Å²) >= 11 is 0. The predicted molar refractivity (Wildman–Crippen MR) is 182 cm³/mol. The average molecular weight is 543 g/mol. The molecule has 0 spiro atoms. The van der Waals surface area contributed by atoms with Gasteiger partial charge in [0.25, 0.3) is 0 Å². The average Bonchev–Trinajstić information content (AvgIpc) is 2.93. The van der Waals surface area contributed by atoms with Gasteiger partial charge in [-0.3, -0.25) is 0 Å². The third-order valence-corrected chi connectivity index (χ3v) is 9.19. The lowest BCUT2D eigenvalue weighted by Gasteiger charge is -2.32. The SMILES string of the molecule is CC(C)C1CCC(C(C)C)CC1.CC(C)c1ccc(C(C)C)cc1.CC(C)c1ccc2cc(C(C)C)ccc2c1. The molecule has 1 fully saturated rings. The second kappa shape index (κ2) is 16.4. The first-order valence-corrected chi connectivity index (χ1v) is 16.4. The molecule has 40 heavy (non-hydrogen) atoms. The van der Waals surface area contributed by atoms with Gasteiger partial charge in [0.05, 0.1) is 0 Å². The highest BCUT2D eigenvalue weighted by molar-refractivity contribution is 5.84. The van der Waals surface area contributed by atoms with Crippen molar-refractivity contribution in [3.05, 3.63) is 82.9 Å². The molecule has 1 aliphatic carbocycles. The second-order valence-corrected chi connectivity index (χ2v) is 14.3.